The van der Waals surface area contributed by atoms with Crippen molar-refractivity contribution in [2.45, 2.75) is 18.7 Å². The van der Waals surface area contributed by atoms with Gasteiger partial charge in [-0.1, -0.05) is 18.5 Å². The topological polar surface area (TPSA) is 37.6 Å². The SMILES string of the molecule is C#C/C(=N\N=C(/C)Cl)c1ncccc1SCC. The molecule has 0 aliphatic carbocycles. The first-order chi connectivity index (χ1) is 8.19. The highest BCUT2D eigenvalue weighted by Gasteiger charge is 2.08. The summed E-state index contributed by atoms with van der Waals surface area (Å²) in [7, 11) is 0. The Morgan fingerprint density at radius 1 is 1.59 bits per heavy atom. The Morgan fingerprint density at radius 2 is 2.35 bits per heavy atom. The van der Waals surface area contributed by atoms with Crippen LogP contribution in [0, 0.1) is 12.3 Å². The average Bonchev–Trinajstić information content (AvgIpc) is 2.32. The summed E-state index contributed by atoms with van der Waals surface area (Å²) in [5.74, 6) is 3.42. The van der Waals surface area contributed by atoms with Crippen LogP contribution >= 0.6 is 23.4 Å². The predicted octanol–water partition coefficient (Wildman–Crippen LogP) is 3.19. The molecule has 0 aliphatic heterocycles. The molecule has 0 radical (unpaired) electrons. The third-order valence-corrected chi connectivity index (χ3v) is 2.72. The van der Waals surface area contributed by atoms with Crippen LogP contribution in [0.15, 0.2) is 33.4 Å². The van der Waals surface area contributed by atoms with Crippen molar-refractivity contribution in [2.75, 3.05) is 5.75 Å². The maximum atomic E-state index is 5.62. The quantitative estimate of drug-likeness (QED) is 0.363. The number of terminal acetylenes is 1. The molecule has 17 heavy (non-hydrogen) atoms. The minimum atomic E-state index is 0.332. The van der Waals surface area contributed by atoms with Gasteiger partial charge in [-0.2, -0.15) is 0 Å². The summed E-state index contributed by atoms with van der Waals surface area (Å²) in [5.41, 5.74) is 1.06. The van der Waals surface area contributed by atoms with E-state index in [1.54, 1.807) is 24.9 Å². The molecule has 0 bridgehead atoms. The number of halogens is 1. The second kappa shape index (κ2) is 7.10. The Labute approximate surface area is 110 Å². The molecule has 0 amide bonds. The van der Waals surface area contributed by atoms with Crippen molar-refractivity contribution in [3.05, 3.63) is 24.0 Å². The molecule has 5 heteroatoms. The Kier molecular flexibility index (Phi) is 5.75. The first-order valence-corrected chi connectivity index (χ1v) is 6.38. The minimum absolute atomic E-state index is 0.332. The zero-order valence-corrected chi connectivity index (χ0v) is 11.2. The van der Waals surface area contributed by atoms with E-state index in [0.29, 0.717) is 16.6 Å². The largest absolute Gasteiger partial charge is 0.253 e. The Hall–Kier alpha value is -1.31. The third kappa shape index (κ3) is 4.22. The van der Waals surface area contributed by atoms with E-state index in [9.17, 15) is 0 Å². The minimum Gasteiger partial charge on any atom is -0.253 e. The van der Waals surface area contributed by atoms with Crippen LogP contribution in [0.1, 0.15) is 19.5 Å². The number of thioether (sulfide) groups is 1. The van der Waals surface area contributed by atoms with Crippen LogP contribution in [0.3, 0.4) is 0 Å². The van der Waals surface area contributed by atoms with Crippen LogP contribution in [-0.2, 0) is 0 Å². The predicted molar refractivity (Wildman–Crippen MR) is 75.0 cm³/mol. The van der Waals surface area contributed by atoms with Crippen LogP contribution in [0.4, 0.5) is 0 Å². The fourth-order valence-corrected chi connectivity index (χ4v) is 1.91. The van der Waals surface area contributed by atoms with Crippen molar-refractivity contribution < 1.29 is 0 Å². The van der Waals surface area contributed by atoms with Gasteiger partial charge in [-0.25, -0.2) is 0 Å². The molecule has 0 fully saturated rings. The maximum Gasteiger partial charge on any atom is 0.162 e. The van der Waals surface area contributed by atoms with E-state index in [-0.39, 0.29) is 0 Å². The molecule has 3 nitrogen and oxygen atoms in total. The number of hydrogen-bond donors (Lipinski definition) is 0. The summed E-state index contributed by atoms with van der Waals surface area (Å²) in [6.45, 7) is 3.70. The van der Waals surface area contributed by atoms with Crippen LogP contribution in [0.5, 0.6) is 0 Å². The van der Waals surface area contributed by atoms with E-state index < -0.39 is 0 Å². The molecule has 0 aromatic carbocycles. The van der Waals surface area contributed by atoms with Gasteiger partial charge >= 0.3 is 0 Å². The number of hydrogen-bond acceptors (Lipinski definition) is 4. The van der Waals surface area contributed by atoms with E-state index in [2.05, 4.69) is 28.0 Å². The second-order valence-corrected chi connectivity index (χ2v) is 4.83. The molecular formula is C12H12ClN3S. The molecule has 0 atom stereocenters. The molecule has 0 unspecified atom stereocenters. The average molecular weight is 266 g/mol. The number of nitrogens with zero attached hydrogens (tertiary/aromatic N) is 3. The van der Waals surface area contributed by atoms with E-state index >= 15 is 0 Å². The lowest BCUT2D eigenvalue weighted by Gasteiger charge is -2.04. The number of rotatable bonds is 4. The van der Waals surface area contributed by atoms with Gasteiger partial charge in [-0.05, 0) is 30.7 Å². The fourth-order valence-electron chi connectivity index (χ4n) is 1.10. The van der Waals surface area contributed by atoms with Crippen molar-refractivity contribution in [1.82, 2.24) is 4.98 Å². The molecular weight excluding hydrogens is 254 g/mol. The van der Waals surface area contributed by atoms with Gasteiger partial charge in [0.1, 0.15) is 10.9 Å². The first-order valence-electron chi connectivity index (χ1n) is 5.01. The van der Waals surface area contributed by atoms with Gasteiger partial charge in [-0.15, -0.1) is 28.4 Å². The molecule has 1 aromatic rings. The molecule has 0 aliphatic rings. The van der Waals surface area contributed by atoms with E-state index in [1.165, 1.54) is 0 Å². The molecule has 0 spiro atoms. The maximum absolute atomic E-state index is 5.62. The van der Waals surface area contributed by atoms with Crippen molar-refractivity contribution in [1.29, 1.82) is 0 Å². The van der Waals surface area contributed by atoms with E-state index in [0.717, 1.165) is 10.6 Å². The van der Waals surface area contributed by atoms with Gasteiger partial charge in [0.2, 0.25) is 0 Å². The highest BCUT2D eigenvalue weighted by molar-refractivity contribution is 7.99. The van der Waals surface area contributed by atoms with Crippen LogP contribution in [0.25, 0.3) is 0 Å². The lowest BCUT2D eigenvalue weighted by molar-refractivity contribution is 1.17. The summed E-state index contributed by atoms with van der Waals surface area (Å²) in [4.78, 5) is 5.23. The van der Waals surface area contributed by atoms with E-state index in [1.807, 2.05) is 12.1 Å². The Morgan fingerprint density at radius 3 is 2.94 bits per heavy atom. The monoisotopic (exact) mass is 265 g/mol. The summed E-state index contributed by atoms with van der Waals surface area (Å²) >= 11 is 7.28. The highest BCUT2D eigenvalue weighted by atomic mass is 35.5. The molecule has 88 valence electrons. The summed E-state index contributed by atoms with van der Waals surface area (Å²) in [5, 5.41) is 8.00. The molecule has 0 N–H and O–H groups in total. The molecule has 1 aromatic heterocycles. The lowest BCUT2D eigenvalue weighted by atomic mass is 10.2. The standard InChI is InChI=1S/C12H12ClN3S/c1-4-10(16-15-9(3)13)12-11(17-5-2)7-6-8-14-12/h1,6-8H,5H2,2-3H3/b15-9+,16-10+. The highest BCUT2D eigenvalue weighted by Crippen LogP contribution is 2.21. The van der Waals surface area contributed by atoms with Gasteiger partial charge in [0, 0.05) is 11.1 Å². The smallest absolute Gasteiger partial charge is 0.162 e. The van der Waals surface area contributed by atoms with Crippen LogP contribution in [-0.4, -0.2) is 21.6 Å². The van der Waals surface area contributed by atoms with Crippen molar-refractivity contribution in [2.24, 2.45) is 10.2 Å². The summed E-state index contributed by atoms with van der Waals surface area (Å²) in [6.07, 6.45) is 7.09. The van der Waals surface area contributed by atoms with Crippen LogP contribution in [0.2, 0.25) is 0 Å². The van der Waals surface area contributed by atoms with Gasteiger partial charge < -0.3 is 0 Å². The fraction of sp³-hybridized carbons (Fsp3) is 0.250. The third-order valence-electron chi connectivity index (χ3n) is 1.72. The van der Waals surface area contributed by atoms with Gasteiger partial charge in [0.15, 0.2) is 5.71 Å². The lowest BCUT2D eigenvalue weighted by Crippen LogP contribution is -2.02. The number of aromatic nitrogens is 1. The zero-order valence-electron chi connectivity index (χ0n) is 9.64. The van der Waals surface area contributed by atoms with Crippen molar-refractivity contribution >= 4 is 34.2 Å². The summed E-state index contributed by atoms with van der Waals surface area (Å²) < 4.78 is 0. The molecule has 0 saturated carbocycles. The van der Waals surface area contributed by atoms with Crippen LogP contribution < -0.4 is 0 Å². The van der Waals surface area contributed by atoms with Gasteiger partial charge in [0.25, 0.3) is 0 Å². The Bertz CT molecular complexity index is 485. The zero-order chi connectivity index (χ0) is 12.7. The molecule has 1 heterocycles. The molecule has 0 saturated heterocycles. The van der Waals surface area contributed by atoms with Gasteiger partial charge in [0.05, 0.1) is 0 Å². The first kappa shape index (κ1) is 13.8. The normalized spacial score (nSPS) is 12.4. The van der Waals surface area contributed by atoms with Crippen molar-refractivity contribution in [3.63, 3.8) is 0 Å². The summed E-state index contributed by atoms with van der Waals surface area (Å²) in [6, 6.07) is 3.83. The number of pyridine rings is 1. The Balaban J connectivity index is 3.17. The van der Waals surface area contributed by atoms with Gasteiger partial charge in [-0.3, -0.25) is 4.98 Å². The van der Waals surface area contributed by atoms with Crippen molar-refractivity contribution in [3.8, 4) is 12.3 Å². The van der Waals surface area contributed by atoms with E-state index in [4.69, 9.17) is 18.0 Å². The molecule has 1 rings (SSSR count). The second-order valence-electron chi connectivity index (χ2n) is 2.97.